The number of guanidine groups is 4. The molecule has 0 fully saturated rings. The van der Waals surface area contributed by atoms with Gasteiger partial charge in [-0.2, -0.15) is 0 Å². The number of hydrogen-bond acceptors (Lipinski definition) is 4. The first kappa shape index (κ1) is 67.3. The number of halogens is 2. The zero-order valence-electron chi connectivity index (χ0n) is 59.9. The molecule has 12 nitrogen and oxygen atoms in total. The first-order chi connectivity index (χ1) is 50.8. The first-order valence-electron chi connectivity index (χ1n) is 38.0. The molecule has 8 N–H and O–H groups in total. The van der Waals surface area contributed by atoms with Crippen molar-refractivity contribution in [2.75, 3.05) is 45.8 Å². The number of rotatable bonds is 5. The van der Waals surface area contributed by atoms with Gasteiger partial charge in [0.1, 0.15) is 0 Å². The average molecular weight is 1410 g/mol. The van der Waals surface area contributed by atoms with E-state index in [9.17, 15) is 0 Å². The number of benzene rings is 9. The number of aliphatic imine (C=N–C) groups is 4. The van der Waals surface area contributed by atoms with Crippen molar-refractivity contribution < 1.29 is 0 Å². The lowest BCUT2D eigenvalue weighted by Gasteiger charge is -2.30. The van der Waals surface area contributed by atoms with E-state index in [0.717, 1.165) is 68.9 Å². The molecule has 6 atom stereocenters. The zero-order chi connectivity index (χ0) is 70.9. The second-order valence-corrected chi connectivity index (χ2v) is 31.1. The smallest absolute Gasteiger partial charge is 0.201 e. The van der Waals surface area contributed by atoms with Gasteiger partial charge < -0.3 is 42.5 Å². The molecular formula is C90H92Cl2N12. The van der Waals surface area contributed by atoms with Crippen molar-refractivity contribution in [3.8, 4) is 0 Å². The molecule has 526 valence electrons. The molecule has 0 saturated heterocycles. The van der Waals surface area contributed by atoms with E-state index >= 15 is 0 Å². The van der Waals surface area contributed by atoms with Gasteiger partial charge in [-0.1, -0.05) is 170 Å². The van der Waals surface area contributed by atoms with Crippen molar-refractivity contribution in [2.24, 2.45) is 54.7 Å². The summed E-state index contributed by atoms with van der Waals surface area (Å²) in [7, 11) is 0. The van der Waals surface area contributed by atoms with Gasteiger partial charge in [-0.05, 0) is 247 Å². The maximum absolute atomic E-state index is 6.57. The molecule has 0 radical (unpaired) electrons. The Hall–Kier alpha value is -9.88. The van der Waals surface area contributed by atoms with Crippen molar-refractivity contribution in [1.29, 1.82) is 0 Å². The van der Waals surface area contributed by atoms with E-state index in [1.54, 1.807) is 18.2 Å². The van der Waals surface area contributed by atoms with E-state index in [-0.39, 0.29) is 0 Å². The van der Waals surface area contributed by atoms with Crippen molar-refractivity contribution in [3.05, 3.63) is 276 Å². The number of anilines is 4. The molecule has 104 heavy (non-hydrogen) atoms. The van der Waals surface area contributed by atoms with Crippen LogP contribution in [0.15, 0.2) is 225 Å². The third-order valence-electron chi connectivity index (χ3n) is 24.1. The number of aryl methyl sites for hydroxylation is 7. The standard InChI is InChI=1S/C24H23N3.C24H27N3.C24H25N3.C18H17Cl2N3/c25-24(27-14-18-7-1-4-15-6-3-9-21(27)23(15)18)26-20-13-12-17-11-10-16-5-2-8-19(20)22(16)17;1-15-6-3-10-19-20(13-12-16(2)22(15)19)26-24(25)27-14-18-9-4-7-17-8-5-11-21(27)23(17)18;1-2-16-13-14-21(20-11-4-3-10-19(16)20)26-24(25)27-15-18-9-5-7-17-8-6-12-22(27)23(17)18;19-13-7-14(20)9-15(8-13)22-18(21)23-10-12-5-1-3-11-4-2-6-16(23)17(11)12/h2-3,5-6,8-9,12-13,18H,1,4,7,10-11,14H2,(H2,25,26);3,5-6,8,10-13,16,18,22H,4,7,9,14H2,1-2H3,(H2,25,26);3-4,6,8,10-14,18H,2,5,7,9,15H2,1H3,(H2,25,26);2,4,6-9,12H,1,3,5,10H2,(H2,21,22). The monoisotopic (exact) mass is 1410 g/mol. The van der Waals surface area contributed by atoms with Gasteiger partial charge in [-0.3, -0.25) is 0 Å². The molecule has 0 saturated carbocycles. The number of allylic oxidation sites excluding steroid dienone is 7. The van der Waals surface area contributed by atoms with Crippen LogP contribution < -0.4 is 42.5 Å². The third kappa shape index (κ3) is 12.5. The number of nitrogens with zero attached hydrogens (tertiary/aromatic N) is 8. The van der Waals surface area contributed by atoms with E-state index in [1.807, 2.05) is 0 Å². The molecule has 0 amide bonds. The highest BCUT2D eigenvalue weighted by molar-refractivity contribution is 6.35. The Bertz CT molecular complexity index is 5150. The van der Waals surface area contributed by atoms with Crippen molar-refractivity contribution in [3.63, 3.8) is 0 Å². The molecule has 20 rings (SSSR count). The topological polar surface area (TPSA) is 166 Å². The SMILES string of the molecule is CC1=CC=CC2=C(N=C(N)N3CC4CCCc5cccc3c54)C=CC(C)C12.CCc1ccc(N=C(N)N2CC3CCCc4cccc2c43)c2ccccc12.NC(=Nc1cc(Cl)cc(Cl)c1)N1CC2CCCc3cccc1c32.NC(=Nc1ccc2c3c(cccc13)CC2)N1CC2CCCc3cccc1c32. The highest BCUT2D eigenvalue weighted by Crippen LogP contribution is 2.50. The number of hydrogen-bond donors (Lipinski definition) is 4. The minimum absolute atomic E-state index is 0.416. The molecule has 11 aliphatic rings. The lowest BCUT2D eigenvalue weighted by Crippen LogP contribution is -2.36. The van der Waals surface area contributed by atoms with Crippen LogP contribution in [0.2, 0.25) is 10.0 Å². The van der Waals surface area contributed by atoms with E-state index in [2.05, 4.69) is 215 Å². The molecule has 14 heteroatoms. The molecule has 4 aliphatic heterocycles. The van der Waals surface area contributed by atoms with Gasteiger partial charge in [0.25, 0.3) is 0 Å². The van der Waals surface area contributed by atoms with Gasteiger partial charge in [-0.15, -0.1) is 0 Å². The summed E-state index contributed by atoms with van der Waals surface area (Å²) in [6.07, 6.45) is 29.1. The summed E-state index contributed by atoms with van der Waals surface area (Å²) in [5.74, 6) is 5.62. The van der Waals surface area contributed by atoms with Crippen molar-refractivity contribution >= 4 is 108 Å². The van der Waals surface area contributed by atoms with Crippen LogP contribution in [0.1, 0.15) is 157 Å². The van der Waals surface area contributed by atoms with Gasteiger partial charge in [0.2, 0.25) is 23.8 Å². The molecule has 7 aliphatic carbocycles. The summed E-state index contributed by atoms with van der Waals surface area (Å²) in [4.78, 5) is 28.1. The average Bonchev–Trinajstić information content (AvgIpc) is 1.68. The van der Waals surface area contributed by atoms with Crippen LogP contribution in [0.3, 0.4) is 0 Å². The first-order valence-corrected chi connectivity index (χ1v) is 38.8. The zero-order valence-corrected chi connectivity index (χ0v) is 61.5. The molecule has 0 spiro atoms. The van der Waals surface area contributed by atoms with E-state index in [0.29, 0.717) is 75.1 Å². The van der Waals surface area contributed by atoms with Crippen LogP contribution in [0.5, 0.6) is 0 Å². The molecule has 9 aromatic rings. The lowest BCUT2D eigenvalue weighted by molar-refractivity contribution is 0.548. The normalized spacial score (nSPS) is 22.1. The van der Waals surface area contributed by atoms with Crippen molar-refractivity contribution in [1.82, 2.24) is 0 Å². The van der Waals surface area contributed by atoms with Gasteiger partial charge >= 0.3 is 0 Å². The number of nitrogens with two attached hydrogens (primary N) is 4. The minimum atomic E-state index is 0.416. The van der Waals surface area contributed by atoms with E-state index in [4.69, 9.17) is 61.1 Å². The van der Waals surface area contributed by atoms with E-state index < -0.39 is 0 Å². The quantitative estimate of drug-likeness (QED) is 0.0976. The van der Waals surface area contributed by atoms with Crippen LogP contribution in [-0.2, 0) is 44.9 Å². The fourth-order valence-electron chi connectivity index (χ4n) is 19.4. The van der Waals surface area contributed by atoms with Gasteiger partial charge in [-0.25, -0.2) is 20.0 Å². The molecule has 0 bridgehead atoms. The summed E-state index contributed by atoms with van der Waals surface area (Å²) < 4.78 is 0. The summed E-state index contributed by atoms with van der Waals surface area (Å²) in [6.45, 7) is 10.5. The van der Waals surface area contributed by atoms with E-state index in [1.165, 1.54) is 187 Å². The predicted octanol–water partition coefficient (Wildman–Crippen LogP) is 19.8. The Kier molecular flexibility index (Phi) is 18.3. The summed E-state index contributed by atoms with van der Waals surface area (Å²) >= 11 is 12.1. The molecule has 6 unspecified atom stereocenters. The summed E-state index contributed by atoms with van der Waals surface area (Å²) in [5.41, 5.74) is 53.5. The Balaban J connectivity index is 0.000000103. The fraction of sp³-hybridized carbons (Fsp3) is 0.311. The van der Waals surface area contributed by atoms with Crippen LogP contribution in [0.25, 0.3) is 21.5 Å². The molecule has 9 aromatic carbocycles. The maximum atomic E-state index is 6.57. The lowest BCUT2D eigenvalue weighted by atomic mass is 9.75. The highest BCUT2D eigenvalue weighted by Gasteiger charge is 2.39. The molecule has 4 heterocycles. The van der Waals surface area contributed by atoms with Gasteiger partial charge in [0.15, 0.2) is 0 Å². The summed E-state index contributed by atoms with van der Waals surface area (Å²) in [6, 6.07) is 55.4. The predicted molar refractivity (Wildman–Crippen MR) is 436 cm³/mol. The number of fused-ring (bicyclic) bond motifs is 2. The van der Waals surface area contributed by atoms with Crippen LogP contribution in [0, 0.1) is 11.8 Å². The Labute approximate surface area is 622 Å². The second kappa shape index (κ2) is 28.3. The van der Waals surface area contributed by atoms with Crippen LogP contribution in [-0.4, -0.2) is 50.0 Å². The molecular weight excluding hydrogens is 1320 g/mol. The second-order valence-electron chi connectivity index (χ2n) is 30.2. The van der Waals surface area contributed by atoms with Crippen LogP contribution in [0.4, 0.5) is 39.8 Å². The summed E-state index contributed by atoms with van der Waals surface area (Å²) in [5, 5.41) is 6.20. The van der Waals surface area contributed by atoms with Gasteiger partial charge in [0.05, 0.1) is 22.8 Å². The maximum Gasteiger partial charge on any atom is 0.201 e. The third-order valence-corrected chi connectivity index (χ3v) is 24.5. The Morgan fingerprint density at radius 1 is 0.442 bits per heavy atom. The highest BCUT2D eigenvalue weighted by atomic mass is 35.5. The van der Waals surface area contributed by atoms with Crippen LogP contribution >= 0.6 is 23.2 Å². The molecule has 0 aromatic heterocycles. The van der Waals surface area contributed by atoms with Crippen molar-refractivity contribution in [2.45, 2.75) is 141 Å². The largest absolute Gasteiger partial charge is 0.369 e. The van der Waals surface area contributed by atoms with Gasteiger partial charge in [0, 0.05) is 99.3 Å². The fourth-order valence-corrected chi connectivity index (χ4v) is 19.9. The minimum Gasteiger partial charge on any atom is -0.369 e. The Morgan fingerprint density at radius 3 is 1.37 bits per heavy atom. The Morgan fingerprint density at radius 2 is 0.865 bits per heavy atom.